The minimum absolute atomic E-state index is 0.0454. The molecule has 0 radical (unpaired) electrons. The van der Waals surface area contributed by atoms with Gasteiger partial charge in [0.2, 0.25) is 5.91 Å². The predicted molar refractivity (Wildman–Crippen MR) is 138 cm³/mol. The third-order valence-electron chi connectivity index (χ3n) is 6.51. The maximum Gasteiger partial charge on any atom is 0.225 e. The summed E-state index contributed by atoms with van der Waals surface area (Å²) in [6.45, 7) is 0. The van der Waals surface area contributed by atoms with Gasteiger partial charge in [-0.1, -0.05) is 12.1 Å². The number of pyridine rings is 1. The maximum atomic E-state index is 14.0. The van der Waals surface area contributed by atoms with Gasteiger partial charge in [-0.2, -0.15) is 0 Å². The third-order valence-corrected chi connectivity index (χ3v) is 6.51. The third kappa shape index (κ3) is 5.08. The highest BCUT2D eigenvalue weighted by Gasteiger charge is 2.22. The Bertz CT molecular complexity index is 1810. The van der Waals surface area contributed by atoms with E-state index in [0.717, 1.165) is 11.6 Å². The van der Waals surface area contributed by atoms with Crippen LogP contribution in [0.25, 0.3) is 33.1 Å². The van der Waals surface area contributed by atoms with Crippen LogP contribution >= 0.6 is 0 Å². The minimum Gasteiger partial charge on any atom is -0.361 e. The summed E-state index contributed by atoms with van der Waals surface area (Å²) >= 11 is 0. The van der Waals surface area contributed by atoms with Crippen LogP contribution in [0.15, 0.2) is 83.8 Å². The van der Waals surface area contributed by atoms with Crippen LogP contribution in [-0.4, -0.2) is 26.2 Å². The van der Waals surface area contributed by atoms with E-state index in [4.69, 9.17) is 4.63 Å². The van der Waals surface area contributed by atoms with E-state index in [-0.39, 0.29) is 18.7 Å². The van der Waals surface area contributed by atoms with E-state index in [2.05, 4.69) is 25.6 Å². The zero-order valence-electron chi connectivity index (χ0n) is 20.3. The summed E-state index contributed by atoms with van der Waals surface area (Å²) in [6.07, 6.45) is 3.27. The van der Waals surface area contributed by atoms with Crippen molar-refractivity contribution in [3.8, 4) is 11.1 Å². The number of carbonyl (C=O) groups is 1. The van der Waals surface area contributed by atoms with Crippen molar-refractivity contribution >= 4 is 27.8 Å². The second-order valence-electron chi connectivity index (χ2n) is 9.19. The number of H-pyrrole nitrogens is 1. The summed E-state index contributed by atoms with van der Waals surface area (Å²) in [5, 5.41) is 11.3. The molecule has 3 aromatic carbocycles. The molecule has 0 bridgehead atoms. The quantitative estimate of drug-likeness (QED) is 0.273. The van der Waals surface area contributed by atoms with Gasteiger partial charge >= 0.3 is 0 Å². The fraction of sp³-hybridized carbons (Fsp3) is 0.103. The van der Waals surface area contributed by atoms with E-state index < -0.39 is 23.5 Å². The molecule has 7 nitrogen and oxygen atoms in total. The number of hydrogen-bond acceptors (Lipinski definition) is 5. The number of halogens is 3. The van der Waals surface area contributed by atoms with Crippen molar-refractivity contribution in [3.63, 3.8) is 0 Å². The summed E-state index contributed by atoms with van der Waals surface area (Å²) in [7, 11) is 0. The number of fused-ring (bicyclic) bond motifs is 2. The summed E-state index contributed by atoms with van der Waals surface area (Å²) in [5.74, 6) is -2.22. The van der Waals surface area contributed by atoms with Gasteiger partial charge in [-0.15, -0.1) is 0 Å². The lowest BCUT2D eigenvalue weighted by atomic mass is 9.95. The van der Waals surface area contributed by atoms with Crippen LogP contribution in [0.1, 0.15) is 22.9 Å². The lowest BCUT2D eigenvalue weighted by Crippen LogP contribution is -2.32. The molecule has 194 valence electrons. The van der Waals surface area contributed by atoms with Crippen molar-refractivity contribution in [2.24, 2.45) is 0 Å². The van der Waals surface area contributed by atoms with Crippen LogP contribution in [0.5, 0.6) is 0 Å². The van der Waals surface area contributed by atoms with Gasteiger partial charge in [-0.25, -0.2) is 17.8 Å². The number of aromatic amines is 1. The number of amides is 1. The van der Waals surface area contributed by atoms with Gasteiger partial charge < -0.3 is 10.3 Å². The van der Waals surface area contributed by atoms with Gasteiger partial charge in [-0.3, -0.25) is 9.78 Å². The number of benzene rings is 3. The predicted octanol–water partition coefficient (Wildman–Crippen LogP) is 5.83. The first-order chi connectivity index (χ1) is 18.9. The van der Waals surface area contributed by atoms with Crippen molar-refractivity contribution in [1.29, 1.82) is 0 Å². The summed E-state index contributed by atoms with van der Waals surface area (Å²) in [4.78, 5) is 20.9. The molecule has 0 saturated carbocycles. The molecule has 0 aliphatic heterocycles. The first-order valence-corrected chi connectivity index (χ1v) is 12.1. The molecule has 39 heavy (non-hydrogen) atoms. The van der Waals surface area contributed by atoms with E-state index >= 15 is 0 Å². The molecule has 0 saturated heterocycles. The van der Waals surface area contributed by atoms with Crippen LogP contribution in [-0.2, 0) is 17.6 Å². The van der Waals surface area contributed by atoms with Crippen LogP contribution in [0, 0.1) is 17.5 Å². The molecule has 0 aliphatic carbocycles. The normalized spacial score (nSPS) is 12.2. The van der Waals surface area contributed by atoms with Crippen molar-refractivity contribution in [2.75, 3.05) is 0 Å². The molecule has 10 heteroatoms. The fourth-order valence-electron chi connectivity index (χ4n) is 4.78. The minimum atomic E-state index is -0.747. The zero-order valence-corrected chi connectivity index (χ0v) is 20.3. The number of carbonyl (C=O) groups excluding carboxylic acids is 1. The van der Waals surface area contributed by atoms with Crippen molar-refractivity contribution in [1.82, 2.24) is 25.6 Å². The van der Waals surface area contributed by atoms with Crippen molar-refractivity contribution in [3.05, 3.63) is 113 Å². The van der Waals surface area contributed by atoms with Crippen molar-refractivity contribution in [2.45, 2.75) is 18.9 Å². The van der Waals surface area contributed by atoms with Crippen LogP contribution in [0.2, 0.25) is 0 Å². The Morgan fingerprint density at radius 2 is 1.74 bits per heavy atom. The SMILES string of the molecule is O=C(Cc1c[nH]c2ccc(F)cc12)N[C@@H](Cc1cc(F)cc(F)c1)c1ncccc1-c1ccc2nonc2c1. The van der Waals surface area contributed by atoms with E-state index in [1.165, 1.54) is 24.3 Å². The van der Waals surface area contributed by atoms with E-state index in [9.17, 15) is 18.0 Å². The van der Waals surface area contributed by atoms with Gasteiger partial charge in [0.05, 0.1) is 18.2 Å². The molecule has 3 aromatic heterocycles. The number of rotatable bonds is 7. The molecule has 2 N–H and O–H groups in total. The molecule has 6 rings (SSSR count). The Kier molecular flexibility index (Phi) is 6.28. The molecule has 0 spiro atoms. The van der Waals surface area contributed by atoms with Crippen LogP contribution in [0.4, 0.5) is 13.2 Å². The average Bonchev–Trinajstić information content (AvgIpc) is 3.54. The molecule has 1 atom stereocenters. The maximum absolute atomic E-state index is 14.0. The molecule has 1 amide bonds. The Balaban J connectivity index is 1.37. The van der Waals surface area contributed by atoms with Gasteiger partial charge in [-0.05, 0) is 82.0 Å². The van der Waals surface area contributed by atoms with E-state index in [1.54, 1.807) is 36.7 Å². The first kappa shape index (κ1) is 24.4. The fourth-order valence-corrected chi connectivity index (χ4v) is 4.78. The second kappa shape index (κ2) is 10.1. The lowest BCUT2D eigenvalue weighted by molar-refractivity contribution is -0.121. The second-order valence-corrected chi connectivity index (χ2v) is 9.19. The van der Waals surface area contributed by atoms with Crippen molar-refractivity contribution < 1.29 is 22.6 Å². The summed E-state index contributed by atoms with van der Waals surface area (Å²) < 4.78 is 46.7. The van der Waals surface area contributed by atoms with E-state index in [0.29, 0.717) is 44.3 Å². The number of nitrogens with zero attached hydrogens (tertiary/aromatic N) is 3. The molecule has 6 aromatic rings. The van der Waals surface area contributed by atoms with Crippen LogP contribution in [0.3, 0.4) is 0 Å². The summed E-state index contributed by atoms with van der Waals surface area (Å²) in [5.41, 5.74) is 4.73. The summed E-state index contributed by atoms with van der Waals surface area (Å²) in [6, 6.07) is 15.8. The standard InChI is InChI=1S/C29H20F3N5O2/c30-19-4-6-24-23(14-19)18(15-34-24)12-28(38)35-27(10-16-8-20(31)13-21(32)9-16)29-22(2-1-7-33-29)17-3-5-25-26(11-17)37-39-36-25/h1-9,11,13-15,27,34H,10,12H2,(H,35,38)/t27-/m0/s1. The van der Waals surface area contributed by atoms with E-state index in [1.807, 2.05) is 12.1 Å². The smallest absolute Gasteiger partial charge is 0.225 e. The molecule has 0 fully saturated rings. The van der Waals surface area contributed by atoms with Crippen LogP contribution < -0.4 is 5.32 Å². The highest BCUT2D eigenvalue weighted by atomic mass is 19.1. The monoisotopic (exact) mass is 527 g/mol. The zero-order chi connectivity index (χ0) is 26.9. The average molecular weight is 528 g/mol. The molecular formula is C29H20F3N5O2. The first-order valence-electron chi connectivity index (χ1n) is 12.1. The Morgan fingerprint density at radius 3 is 2.59 bits per heavy atom. The lowest BCUT2D eigenvalue weighted by Gasteiger charge is -2.21. The highest BCUT2D eigenvalue weighted by molar-refractivity contribution is 5.89. The highest BCUT2D eigenvalue weighted by Crippen LogP contribution is 2.31. The molecule has 0 aliphatic rings. The number of aromatic nitrogens is 4. The van der Waals surface area contributed by atoms with Gasteiger partial charge in [0.1, 0.15) is 28.5 Å². The Hall–Kier alpha value is -4.99. The van der Waals surface area contributed by atoms with Gasteiger partial charge in [0, 0.05) is 34.9 Å². The topological polar surface area (TPSA) is 96.7 Å². The Labute approximate surface area is 219 Å². The molecular weight excluding hydrogens is 507 g/mol. The molecule has 0 unspecified atom stereocenters. The number of hydrogen-bond donors (Lipinski definition) is 2. The van der Waals surface area contributed by atoms with Gasteiger partial charge in [0.15, 0.2) is 0 Å². The number of nitrogens with one attached hydrogen (secondary N) is 2. The van der Waals surface area contributed by atoms with Gasteiger partial charge in [0.25, 0.3) is 0 Å². The molecule has 3 heterocycles. The largest absolute Gasteiger partial charge is 0.361 e. The Morgan fingerprint density at radius 1 is 0.923 bits per heavy atom.